The van der Waals surface area contributed by atoms with E-state index in [0.29, 0.717) is 16.4 Å². The van der Waals surface area contributed by atoms with Gasteiger partial charge in [-0.3, -0.25) is 0 Å². The molecule has 34 heavy (non-hydrogen) atoms. The zero-order chi connectivity index (χ0) is 25.9. The van der Waals surface area contributed by atoms with Crippen LogP contribution in [0.25, 0.3) is 0 Å². The standard InChI is InChI=1S/C20H25BrF3N5O4S/c1-6-33-18(30)29-34(5,32)15-8-7-12(9-13(15)20(22,23)24)27-17-25-10-14(21)16(28-17)26-11(2)19(3,4)31/h7-11,31H,5-6H2,1-4H3,(H,29,30,32)(H2,25,26,27,28)/t11-,34?/m1/s1. The van der Waals surface area contributed by atoms with E-state index in [4.69, 9.17) is 0 Å². The molecular weight excluding hydrogens is 543 g/mol. The Labute approximate surface area is 203 Å². The molecule has 0 aliphatic carbocycles. The van der Waals surface area contributed by atoms with Gasteiger partial charge in [0.2, 0.25) is 5.95 Å². The summed E-state index contributed by atoms with van der Waals surface area (Å²) >= 11 is 3.28. The molecule has 1 amide bonds. The maximum atomic E-state index is 13.8. The van der Waals surface area contributed by atoms with Gasteiger partial charge in [-0.05, 0) is 67.7 Å². The van der Waals surface area contributed by atoms with Gasteiger partial charge >= 0.3 is 12.3 Å². The fraction of sp³-hybridized carbons (Fsp3) is 0.400. The van der Waals surface area contributed by atoms with Crippen LogP contribution in [0.1, 0.15) is 33.3 Å². The zero-order valence-corrected chi connectivity index (χ0v) is 21.2. The molecule has 0 saturated heterocycles. The number of aliphatic hydroxyl groups is 1. The lowest BCUT2D eigenvalue weighted by Crippen LogP contribution is -2.39. The molecule has 1 heterocycles. The summed E-state index contributed by atoms with van der Waals surface area (Å²) in [5, 5.41) is 15.8. The van der Waals surface area contributed by atoms with E-state index in [2.05, 4.69) is 47.1 Å². The van der Waals surface area contributed by atoms with Crippen LogP contribution in [0.15, 0.2) is 33.8 Å². The Morgan fingerprint density at radius 1 is 1.35 bits per heavy atom. The van der Waals surface area contributed by atoms with Crippen LogP contribution in [-0.2, 0) is 20.6 Å². The summed E-state index contributed by atoms with van der Waals surface area (Å²) < 4.78 is 61.0. The van der Waals surface area contributed by atoms with Gasteiger partial charge in [0.15, 0.2) is 0 Å². The minimum Gasteiger partial charge on any atom is -0.449 e. The summed E-state index contributed by atoms with van der Waals surface area (Å²) in [5.41, 5.74) is -2.39. The van der Waals surface area contributed by atoms with Gasteiger partial charge in [0.25, 0.3) is 0 Å². The van der Waals surface area contributed by atoms with Crippen LogP contribution in [0.5, 0.6) is 0 Å². The Balaban J connectivity index is 2.40. The number of benzene rings is 1. The van der Waals surface area contributed by atoms with Gasteiger partial charge < -0.3 is 20.5 Å². The summed E-state index contributed by atoms with van der Waals surface area (Å²) in [5.74, 6) is 3.53. The average Bonchev–Trinajstić information content (AvgIpc) is 2.68. The van der Waals surface area contributed by atoms with Crippen molar-refractivity contribution in [2.45, 2.75) is 50.4 Å². The van der Waals surface area contributed by atoms with E-state index in [1.807, 2.05) is 4.72 Å². The molecule has 0 aliphatic heterocycles. The van der Waals surface area contributed by atoms with Crippen LogP contribution in [-0.4, -0.2) is 49.5 Å². The quantitative estimate of drug-likeness (QED) is 0.348. The first-order valence-corrected chi connectivity index (χ1v) is 12.4. The van der Waals surface area contributed by atoms with Gasteiger partial charge in [-0.1, -0.05) is 0 Å². The number of carbonyl (C=O) groups is 1. The molecule has 0 saturated carbocycles. The smallest absolute Gasteiger partial charge is 0.418 e. The van der Waals surface area contributed by atoms with Crippen molar-refractivity contribution < 1.29 is 32.0 Å². The normalized spacial score (nSPS) is 14.6. The number of anilines is 3. The summed E-state index contributed by atoms with van der Waals surface area (Å²) in [6.45, 7) is 6.38. The topological polar surface area (TPSA) is 125 Å². The number of rotatable bonds is 8. The molecule has 0 aliphatic rings. The van der Waals surface area contributed by atoms with Crippen LogP contribution in [0.4, 0.5) is 35.4 Å². The largest absolute Gasteiger partial charge is 0.449 e. The van der Waals surface area contributed by atoms with Crippen molar-refractivity contribution in [1.82, 2.24) is 14.7 Å². The van der Waals surface area contributed by atoms with Crippen LogP contribution in [0, 0.1) is 0 Å². The second-order valence-electron chi connectivity index (χ2n) is 7.74. The van der Waals surface area contributed by atoms with Crippen LogP contribution in [0.2, 0.25) is 0 Å². The molecule has 1 aromatic carbocycles. The highest BCUT2D eigenvalue weighted by molar-refractivity contribution is 9.10. The number of nitrogens with one attached hydrogen (secondary N) is 3. The molecule has 2 aromatic rings. The number of nitrogens with zero attached hydrogens (tertiary/aromatic N) is 2. The minimum absolute atomic E-state index is 0.0328. The number of carbonyl (C=O) groups excluding carboxylic acids is 1. The molecule has 0 radical (unpaired) electrons. The Bertz CT molecular complexity index is 1150. The first kappa shape index (κ1) is 27.7. The van der Waals surface area contributed by atoms with Crippen molar-refractivity contribution in [3.63, 3.8) is 0 Å². The van der Waals surface area contributed by atoms with Gasteiger partial charge in [-0.15, -0.1) is 0 Å². The summed E-state index contributed by atoms with van der Waals surface area (Å²) in [6.07, 6.45) is -4.67. The Hall–Kier alpha value is -2.58. The van der Waals surface area contributed by atoms with Crippen molar-refractivity contribution in [2.75, 3.05) is 17.2 Å². The van der Waals surface area contributed by atoms with E-state index in [1.54, 1.807) is 20.8 Å². The maximum Gasteiger partial charge on any atom is 0.418 e. The Morgan fingerprint density at radius 2 is 2.00 bits per heavy atom. The average molecular weight is 568 g/mol. The molecule has 2 atom stereocenters. The van der Waals surface area contributed by atoms with E-state index < -0.39 is 44.1 Å². The highest BCUT2D eigenvalue weighted by Crippen LogP contribution is 2.36. The maximum absolute atomic E-state index is 13.8. The van der Waals surface area contributed by atoms with Crippen LogP contribution in [0.3, 0.4) is 0 Å². The van der Waals surface area contributed by atoms with E-state index in [1.165, 1.54) is 19.2 Å². The number of amides is 1. The monoisotopic (exact) mass is 567 g/mol. The third kappa shape index (κ3) is 7.21. The van der Waals surface area contributed by atoms with Gasteiger partial charge in [0.05, 0.1) is 42.9 Å². The van der Waals surface area contributed by atoms with E-state index >= 15 is 0 Å². The molecule has 1 unspecified atom stereocenters. The predicted molar refractivity (Wildman–Crippen MR) is 128 cm³/mol. The van der Waals surface area contributed by atoms with Crippen LogP contribution < -0.4 is 15.4 Å². The first-order chi connectivity index (χ1) is 15.5. The molecule has 0 bridgehead atoms. The molecule has 9 nitrogen and oxygen atoms in total. The molecule has 2 rings (SSSR count). The third-order valence-corrected chi connectivity index (χ3v) is 6.72. The molecular formula is C20H25BrF3N5O4S. The van der Waals surface area contributed by atoms with E-state index in [0.717, 1.165) is 6.07 Å². The molecule has 0 spiro atoms. The number of halogens is 4. The fourth-order valence-electron chi connectivity index (χ4n) is 2.51. The summed E-state index contributed by atoms with van der Waals surface area (Å²) in [6, 6.07) is 2.46. The molecule has 0 fully saturated rings. The number of hydrogen-bond donors (Lipinski definition) is 4. The number of alkyl halides is 3. The lowest BCUT2D eigenvalue weighted by Gasteiger charge is -2.27. The fourth-order valence-corrected chi connectivity index (χ4v) is 4.07. The second-order valence-corrected chi connectivity index (χ2v) is 10.6. The number of ether oxygens (including phenoxy) is 1. The molecule has 4 N–H and O–H groups in total. The zero-order valence-electron chi connectivity index (χ0n) is 18.8. The van der Waals surface area contributed by atoms with Gasteiger partial charge in [-0.25, -0.2) is 18.7 Å². The molecule has 1 aromatic heterocycles. The Kier molecular flexibility index (Phi) is 8.43. The number of aromatic nitrogens is 2. The molecule has 14 heteroatoms. The van der Waals surface area contributed by atoms with Crippen LogP contribution >= 0.6 is 15.9 Å². The first-order valence-electron chi connectivity index (χ1n) is 9.86. The Morgan fingerprint density at radius 3 is 2.56 bits per heavy atom. The van der Waals surface area contributed by atoms with E-state index in [-0.39, 0.29) is 18.2 Å². The lowest BCUT2D eigenvalue weighted by molar-refractivity contribution is -0.139. The highest BCUT2D eigenvalue weighted by Gasteiger charge is 2.36. The van der Waals surface area contributed by atoms with Gasteiger partial charge in [0.1, 0.15) is 5.82 Å². The van der Waals surface area contributed by atoms with Gasteiger partial charge in [0, 0.05) is 11.9 Å². The predicted octanol–water partition coefficient (Wildman–Crippen LogP) is 4.31. The van der Waals surface area contributed by atoms with Crippen molar-refractivity contribution in [3.05, 3.63) is 34.4 Å². The van der Waals surface area contributed by atoms with E-state index in [9.17, 15) is 27.3 Å². The second kappa shape index (κ2) is 10.4. The van der Waals surface area contributed by atoms with Crippen molar-refractivity contribution in [2.24, 2.45) is 0 Å². The summed E-state index contributed by atoms with van der Waals surface area (Å²) in [4.78, 5) is 19.2. The molecule has 188 valence electrons. The van der Waals surface area contributed by atoms with Crippen molar-refractivity contribution in [1.29, 1.82) is 0 Å². The lowest BCUT2D eigenvalue weighted by atomic mass is 10.0. The summed E-state index contributed by atoms with van der Waals surface area (Å²) in [7, 11) is -3.87. The van der Waals surface area contributed by atoms with Crippen molar-refractivity contribution in [3.8, 4) is 0 Å². The highest BCUT2D eigenvalue weighted by atomic mass is 79.9. The number of hydrogen-bond acceptors (Lipinski definition) is 8. The van der Waals surface area contributed by atoms with Gasteiger partial charge in [-0.2, -0.15) is 18.2 Å². The van der Waals surface area contributed by atoms with Crippen molar-refractivity contribution >= 4 is 55.1 Å². The SMILES string of the molecule is C=S(=O)(NC(=O)OCC)c1ccc(Nc2ncc(Br)c(N[C@H](C)C(C)(C)O)n2)cc1C(F)(F)F. The minimum atomic E-state index is -4.90. The third-order valence-electron chi connectivity index (χ3n) is 4.58.